The van der Waals surface area contributed by atoms with E-state index < -0.39 is 17.9 Å². The van der Waals surface area contributed by atoms with Crippen LogP contribution in [0.2, 0.25) is 5.02 Å². The summed E-state index contributed by atoms with van der Waals surface area (Å²) in [5.41, 5.74) is 2.15. The number of methoxy groups -OCH3 is 1. The predicted molar refractivity (Wildman–Crippen MR) is 113 cm³/mol. The van der Waals surface area contributed by atoms with Gasteiger partial charge >= 0.3 is 11.9 Å². The maximum absolute atomic E-state index is 12.4. The summed E-state index contributed by atoms with van der Waals surface area (Å²) >= 11 is 6.64. The van der Waals surface area contributed by atoms with Crippen molar-refractivity contribution in [1.29, 1.82) is 0 Å². The number of halogens is 1. The number of hydrogen-bond acceptors (Lipinski definition) is 5. The predicted octanol–water partition coefficient (Wildman–Crippen LogP) is 5.25. The molecule has 1 fully saturated rings. The summed E-state index contributed by atoms with van der Waals surface area (Å²) in [5, 5.41) is 0.749. The van der Waals surface area contributed by atoms with Gasteiger partial charge in [-0.05, 0) is 56.2 Å². The number of carbonyl (C=O) groups excluding carboxylic acids is 2. The number of ether oxygens (including phenoxy) is 3. The minimum absolute atomic E-state index is 0.170. The topological polar surface area (TPSA) is 61.8 Å². The van der Waals surface area contributed by atoms with Crippen molar-refractivity contribution in [3.63, 3.8) is 0 Å². The second-order valence-electron chi connectivity index (χ2n) is 7.56. The first kappa shape index (κ1) is 23.7. The van der Waals surface area contributed by atoms with Crippen LogP contribution in [0.25, 0.3) is 0 Å². The molecular formula is C23H33ClO5. The van der Waals surface area contributed by atoms with Crippen molar-refractivity contribution < 1.29 is 23.8 Å². The van der Waals surface area contributed by atoms with Crippen LogP contribution in [-0.2, 0) is 23.8 Å². The fourth-order valence-electron chi connectivity index (χ4n) is 4.10. The van der Waals surface area contributed by atoms with Gasteiger partial charge in [0, 0.05) is 18.1 Å². The van der Waals surface area contributed by atoms with Gasteiger partial charge in [0.1, 0.15) is 0 Å². The molecule has 162 valence electrons. The molecule has 0 heterocycles. The highest BCUT2D eigenvalue weighted by atomic mass is 35.5. The lowest BCUT2D eigenvalue weighted by molar-refractivity contribution is -0.162. The minimum Gasteiger partial charge on any atom is -0.465 e. The lowest BCUT2D eigenvalue weighted by Crippen LogP contribution is -2.30. The highest BCUT2D eigenvalue weighted by Gasteiger charge is 2.33. The van der Waals surface area contributed by atoms with E-state index in [1.807, 2.05) is 12.1 Å². The maximum atomic E-state index is 12.4. The van der Waals surface area contributed by atoms with Crippen molar-refractivity contribution in [2.75, 3.05) is 26.9 Å². The van der Waals surface area contributed by atoms with Crippen LogP contribution in [0.1, 0.15) is 75.3 Å². The molecule has 1 unspecified atom stereocenters. The molecule has 1 atom stereocenters. The van der Waals surface area contributed by atoms with E-state index in [1.54, 1.807) is 21.0 Å². The number of rotatable bonds is 10. The van der Waals surface area contributed by atoms with E-state index >= 15 is 0 Å². The summed E-state index contributed by atoms with van der Waals surface area (Å²) in [6, 6.07) is 6.11. The largest absolute Gasteiger partial charge is 0.465 e. The molecule has 1 saturated carbocycles. The Balaban J connectivity index is 2.22. The van der Waals surface area contributed by atoms with E-state index in [2.05, 4.69) is 6.07 Å². The summed E-state index contributed by atoms with van der Waals surface area (Å²) in [5.74, 6) is -1.75. The Hall–Kier alpha value is -1.59. The highest BCUT2D eigenvalue weighted by molar-refractivity contribution is 6.31. The van der Waals surface area contributed by atoms with Crippen LogP contribution in [0.5, 0.6) is 0 Å². The van der Waals surface area contributed by atoms with Crippen molar-refractivity contribution in [2.45, 2.75) is 64.2 Å². The van der Waals surface area contributed by atoms with Gasteiger partial charge in [-0.3, -0.25) is 9.59 Å². The summed E-state index contributed by atoms with van der Waals surface area (Å²) in [4.78, 5) is 24.7. The first-order valence-electron chi connectivity index (χ1n) is 10.6. The standard InChI is InChI=1S/C23H33ClO5/c1-4-28-22(25)20(23(26)29-5-2)13-18(15-27-3)17-11-12-19(21(24)14-17)16-9-7-6-8-10-16/h11-12,14,16,18,20H,4-10,13,15H2,1-3H3. The molecule has 0 amide bonds. The Bertz CT molecular complexity index is 651. The molecule has 2 rings (SSSR count). The number of benzene rings is 1. The average molecular weight is 425 g/mol. The number of hydrogen-bond donors (Lipinski definition) is 0. The van der Waals surface area contributed by atoms with E-state index in [0.717, 1.165) is 10.6 Å². The summed E-state index contributed by atoms with van der Waals surface area (Å²) in [6.45, 7) is 4.23. The Morgan fingerprint density at radius 3 is 2.21 bits per heavy atom. The fourth-order valence-corrected chi connectivity index (χ4v) is 4.45. The van der Waals surface area contributed by atoms with Gasteiger partial charge in [-0.25, -0.2) is 0 Å². The minimum atomic E-state index is -0.980. The van der Waals surface area contributed by atoms with Crippen LogP contribution in [0.4, 0.5) is 0 Å². The van der Waals surface area contributed by atoms with Crippen LogP contribution in [0.3, 0.4) is 0 Å². The molecule has 0 aliphatic heterocycles. The van der Waals surface area contributed by atoms with Crippen LogP contribution >= 0.6 is 11.6 Å². The molecule has 1 aromatic rings. The van der Waals surface area contributed by atoms with Gasteiger partial charge in [0.25, 0.3) is 0 Å². The van der Waals surface area contributed by atoms with Gasteiger partial charge < -0.3 is 14.2 Å². The van der Waals surface area contributed by atoms with Gasteiger partial charge in [0.05, 0.1) is 19.8 Å². The second-order valence-corrected chi connectivity index (χ2v) is 7.97. The zero-order valence-electron chi connectivity index (χ0n) is 17.7. The zero-order valence-corrected chi connectivity index (χ0v) is 18.5. The fraction of sp³-hybridized carbons (Fsp3) is 0.652. The van der Waals surface area contributed by atoms with E-state index in [4.69, 9.17) is 25.8 Å². The quantitative estimate of drug-likeness (QED) is 0.379. The Morgan fingerprint density at radius 1 is 1.07 bits per heavy atom. The smallest absolute Gasteiger partial charge is 0.320 e. The van der Waals surface area contributed by atoms with Crippen molar-refractivity contribution in [1.82, 2.24) is 0 Å². The number of carbonyl (C=O) groups is 2. The van der Waals surface area contributed by atoms with Crippen molar-refractivity contribution in [2.24, 2.45) is 5.92 Å². The Kier molecular flexibility index (Phi) is 9.95. The van der Waals surface area contributed by atoms with E-state index in [-0.39, 0.29) is 25.6 Å². The molecule has 0 bridgehead atoms. The first-order valence-corrected chi connectivity index (χ1v) is 11.0. The molecule has 0 N–H and O–H groups in total. The molecule has 0 radical (unpaired) electrons. The lowest BCUT2D eigenvalue weighted by atomic mass is 9.82. The molecule has 1 aliphatic rings. The van der Waals surface area contributed by atoms with Crippen molar-refractivity contribution in [3.8, 4) is 0 Å². The molecule has 1 aliphatic carbocycles. The molecule has 0 saturated heterocycles. The maximum Gasteiger partial charge on any atom is 0.320 e. The summed E-state index contributed by atoms with van der Waals surface area (Å²) in [7, 11) is 1.61. The third kappa shape index (κ3) is 6.71. The molecule has 5 nitrogen and oxygen atoms in total. The average Bonchev–Trinajstić information content (AvgIpc) is 2.72. The lowest BCUT2D eigenvalue weighted by Gasteiger charge is -2.25. The van der Waals surface area contributed by atoms with Gasteiger partial charge in [0.2, 0.25) is 0 Å². The van der Waals surface area contributed by atoms with Gasteiger partial charge in [-0.15, -0.1) is 0 Å². The molecular weight excluding hydrogens is 392 g/mol. The molecule has 6 heteroatoms. The molecule has 0 spiro atoms. The second kappa shape index (κ2) is 12.2. The number of esters is 2. The highest BCUT2D eigenvalue weighted by Crippen LogP contribution is 2.38. The van der Waals surface area contributed by atoms with Gasteiger partial charge in [-0.1, -0.05) is 43.0 Å². The first-order chi connectivity index (χ1) is 14.0. The normalized spacial score (nSPS) is 15.9. The molecule has 29 heavy (non-hydrogen) atoms. The van der Waals surface area contributed by atoms with Gasteiger partial charge in [0.15, 0.2) is 5.92 Å². The Labute approximate surface area is 179 Å². The third-order valence-electron chi connectivity index (χ3n) is 5.57. The summed E-state index contributed by atoms with van der Waals surface area (Å²) in [6.07, 6.45) is 6.39. The Morgan fingerprint density at radius 2 is 1.69 bits per heavy atom. The van der Waals surface area contributed by atoms with Crippen LogP contribution in [0.15, 0.2) is 18.2 Å². The van der Waals surface area contributed by atoms with E-state index in [0.29, 0.717) is 12.5 Å². The molecule has 1 aromatic carbocycles. The van der Waals surface area contributed by atoms with E-state index in [1.165, 1.54) is 37.7 Å². The third-order valence-corrected chi connectivity index (χ3v) is 5.90. The van der Waals surface area contributed by atoms with Crippen molar-refractivity contribution in [3.05, 3.63) is 34.3 Å². The van der Waals surface area contributed by atoms with Crippen LogP contribution < -0.4 is 0 Å². The summed E-state index contributed by atoms with van der Waals surface area (Å²) < 4.78 is 15.6. The van der Waals surface area contributed by atoms with Crippen molar-refractivity contribution >= 4 is 23.5 Å². The SMILES string of the molecule is CCOC(=O)C(CC(COC)c1ccc(C2CCCCC2)c(Cl)c1)C(=O)OCC. The van der Waals surface area contributed by atoms with Gasteiger partial charge in [-0.2, -0.15) is 0 Å². The molecule has 0 aromatic heterocycles. The van der Waals surface area contributed by atoms with Crippen LogP contribution in [-0.4, -0.2) is 38.9 Å². The van der Waals surface area contributed by atoms with E-state index in [9.17, 15) is 9.59 Å². The zero-order chi connectivity index (χ0) is 21.2. The monoisotopic (exact) mass is 424 g/mol. The van der Waals surface area contributed by atoms with Crippen LogP contribution in [0, 0.1) is 5.92 Å².